The zero-order chi connectivity index (χ0) is 19.7. The molecule has 2 aromatic rings. The normalized spacial score (nSPS) is 19.9. The van der Waals surface area contributed by atoms with Gasteiger partial charge >= 0.3 is 0 Å². The van der Waals surface area contributed by atoms with E-state index in [1.54, 1.807) is 0 Å². The Labute approximate surface area is 165 Å². The Balaban J connectivity index is 1.46. The number of H-pyrrole nitrogens is 1. The van der Waals surface area contributed by atoms with Crippen LogP contribution >= 0.6 is 0 Å². The Morgan fingerprint density at radius 1 is 0.964 bits per heavy atom. The maximum Gasteiger partial charge on any atom is 0.260 e. The van der Waals surface area contributed by atoms with E-state index in [0.717, 1.165) is 37.7 Å². The molecule has 2 saturated heterocycles. The lowest BCUT2D eigenvalue weighted by atomic mass is 10.3. The highest BCUT2D eigenvalue weighted by atomic mass is 32.2. The lowest BCUT2D eigenvalue weighted by Crippen LogP contribution is -2.49. The summed E-state index contributed by atoms with van der Waals surface area (Å²) in [6.07, 6.45) is 2.72. The molecule has 0 aliphatic carbocycles. The molecule has 0 radical (unpaired) electrons. The molecule has 28 heavy (non-hydrogen) atoms. The minimum atomic E-state index is -3.53. The number of imidazole rings is 1. The third kappa shape index (κ3) is 3.82. The summed E-state index contributed by atoms with van der Waals surface area (Å²) in [7, 11) is -1.40. The van der Waals surface area contributed by atoms with Crippen molar-refractivity contribution in [2.24, 2.45) is 0 Å². The Bertz CT molecular complexity index is 901. The number of aryl methyl sites for hydroxylation is 1. The van der Waals surface area contributed by atoms with E-state index >= 15 is 0 Å². The molecule has 11 heteroatoms. The zero-order valence-electron chi connectivity index (χ0n) is 16.2. The molecule has 4 rings (SSSR count). The first-order valence-corrected chi connectivity index (χ1v) is 10.9. The van der Waals surface area contributed by atoms with E-state index < -0.39 is 10.0 Å². The molecule has 4 heterocycles. The number of aromatic amines is 1. The van der Waals surface area contributed by atoms with Crippen molar-refractivity contribution in [3.63, 3.8) is 0 Å². The molecule has 2 aliphatic heterocycles. The second-order valence-corrected chi connectivity index (χ2v) is 9.17. The number of piperazine rings is 2. The minimum absolute atomic E-state index is 0.130. The maximum atomic E-state index is 12.6. The molecule has 1 N–H and O–H groups in total. The van der Waals surface area contributed by atoms with Crippen molar-refractivity contribution in [1.29, 1.82) is 0 Å². The van der Waals surface area contributed by atoms with E-state index in [4.69, 9.17) is 4.98 Å². The third-order valence-corrected chi connectivity index (χ3v) is 7.09. The molecule has 2 fully saturated rings. The second kappa shape index (κ2) is 7.64. The van der Waals surface area contributed by atoms with Crippen molar-refractivity contribution in [2.45, 2.75) is 11.9 Å². The highest BCUT2D eigenvalue weighted by molar-refractivity contribution is 7.89. The Morgan fingerprint density at radius 2 is 1.64 bits per heavy atom. The van der Waals surface area contributed by atoms with Crippen LogP contribution in [0.15, 0.2) is 23.6 Å². The molecule has 2 aliphatic rings. The third-order valence-electron chi connectivity index (χ3n) is 5.27. The first kappa shape index (κ1) is 19.1. The van der Waals surface area contributed by atoms with Crippen LogP contribution in [0.5, 0.6) is 0 Å². The average Bonchev–Trinajstić information content (AvgIpc) is 3.24. The Morgan fingerprint density at radius 3 is 2.29 bits per heavy atom. The maximum absolute atomic E-state index is 12.6. The van der Waals surface area contributed by atoms with E-state index in [-0.39, 0.29) is 5.03 Å². The molecule has 0 unspecified atom stereocenters. The Hall–Kier alpha value is -2.24. The molecule has 2 aromatic heterocycles. The summed E-state index contributed by atoms with van der Waals surface area (Å²) in [6, 6.07) is 2.02. The number of hydrogen-bond donors (Lipinski definition) is 1. The van der Waals surface area contributed by atoms with Crippen LogP contribution in [-0.2, 0) is 10.0 Å². The smallest absolute Gasteiger partial charge is 0.260 e. The summed E-state index contributed by atoms with van der Waals surface area (Å²) in [6.45, 7) is 7.79. The van der Waals surface area contributed by atoms with Gasteiger partial charge in [0.2, 0.25) is 5.95 Å². The quantitative estimate of drug-likeness (QED) is 0.743. The van der Waals surface area contributed by atoms with Gasteiger partial charge < -0.3 is 19.7 Å². The van der Waals surface area contributed by atoms with Crippen molar-refractivity contribution in [2.75, 3.05) is 69.2 Å². The van der Waals surface area contributed by atoms with Gasteiger partial charge in [0.1, 0.15) is 5.82 Å². The van der Waals surface area contributed by atoms with Gasteiger partial charge in [-0.15, -0.1) is 0 Å². The van der Waals surface area contributed by atoms with Gasteiger partial charge in [-0.2, -0.15) is 9.29 Å². The van der Waals surface area contributed by atoms with Crippen molar-refractivity contribution in [1.82, 2.24) is 29.1 Å². The number of likely N-dealkylation sites (N-methyl/N-ethyl adjacent to an activating group) is 1. The van der Waals surface area contributed by atoms with Gasteiger partial charge in [0.05, 0.1) is 12.5 Å². The molecular formula is C17H26N8O2S. The van der Waals surface area contributed by atoms with Crippen molar-refractivity contribution in [3.8, 4) is 0 Å². The number of sulfonamides is 1. The predicted octanol–water partition coefficient (Wildman–Crippen LogP) is -0.229. The van der Waals surface area contributed by atoms with Crippen LogP contribution in [0.2, 0.25) is 0 Å². The van der Waals surface area contributed by atoms with Crippen molar-refractivity contribution >= 4 is 21.8 Å². The Kier molecular flexibility index (Phi) is 5.21. The van der Waals surface area contributed by atoms with Gasteiger partial charge in [0, 0.05) is 64.1 Å². The molecule has 0 bridgehead atoms. The molecule has 0 spiro atoms. The van der Waals surface area contributed by atoms with Crippen molar-refractivity contribution < 1.29 is 8.42 Å². The van der Waals surface area contributed by atoms with Crippen LogP contribution < -0.4 is 9.80 Å². The summed E-state index contributed by atoms with van der Waals surface area (Å²) < 4.78 is 26.7. The minimum Gasteiger partial charge on any atom is -0.354 e. The first-order chi connectivity index (χ1) is 13.4. The van der Waals surface area contributed by atoms with Crippen LogP contribution in [0.25, 0.3) is 0 Å². The number of nitrogens with one attached hydrogen (secondary N) is 1. The van der Waals surface area contributed by atoms with E-state index in [1.165, 1.54) is 16.8 Å². The van der Waals surface area contributed by atoms with E-state index in [9.17, 15) is 8.42 Å². The highest BCUT2D eigenvalue weighted by Crippen LogP contribution is 2.21. The van der Waals surface area contributed by atoms with Crippen molar-refractivity contribution in [3.05, 3.63) is 24.3 Å². The summed E-state index contributed by atoms with van der Waals surface area (Å²) in [4.78, 5) is 22.5. The van der Waals surface area contributed by atoms with Crippen LogP contribution in [0.1, 0.15) is 5.69 Å². The van der Waals surface area contributed by atoms with E-state index in [2.05, 4.69) is 36.7 Å². The summed E-state index contributed by atoms with van der Waals surface area (Å²) in [5.41, 5.74) is 0.923. The van der Waals surface area contributed by atoms with Crippen LogP contribution in [0, 0.1) is 6.92 Å². The first-order valence-electron chi connectivity index (χ1n) is 9.46. The summed E-state index contributed by atoms with van der Waals surface area (Å²) in [5, 5.41) is 0.130. The van der Waals surface area contributed by atoms with Gasteiger partial charge in [-0.1, -0.05) is 0 Å². The van der Waals surface area contributed by atoms with Gasteiger partial charge in [-0.25, -0.2) is 18.4 Å². The lowest BCUT2D eigenvalue weighted by molar-refractivity contribution is 0.312. The zero-order valence-corrected chi connectivity index (χ0v) is 17.1. The fourth-order valence-electron chi connectivity index (χ4n) is 3.53. The van der Waals surface area contributed by atoms with Gasteiger partial charge in [0.15, 0.2) is 5.03 Å². The van der Waals surface area contributed by atoms with Crippen LogP contribution in [0.4, 0.5) is 11.8 Å². The number of anilines is 2. The standard InChI is InChI=1S/C17H26N8O2S/c1-14-11-15(23-5-3-22(2)4-6-23)21-17(20-14)24-7-9-25(10-8-24)28(26,27)16-12-18-13-19-16/h11-13H,3-10H2,1-2H3,(H,18,19). The number of hydrogen-bond acceptors (Lipinski definition) is 8. The SMILES string of the molecule is Cc1cc(N2CCN(C)CC2)nc(N2CCN(S(=O)(=O)c3cnc[nH]3)CC2)n1. The van der Waals surface area contributed by atoms with Crippen LogP contribution in [0.3, 0.4) is 0 Å². The van der Waals surface area contributed by atoms with Gasteiger partial charge in [-0.3, -0.25) is 0 Å². The number of aromatic nitrogens is 4. The highest BCUT2D eigenvalue weighted by Gasteiger charge is 2.30. The molecule has 0 atom stereocenters. The second-order valence-electron chi connectivity index (χ2n) is 7.26. The fourth-order valence-corrected chi connectivity index (χ4v) is 4.85. The molecular weight excluding hydrogens is 380 g/mol. The van der Waals surface area contributed by atoms with E-state index in [0.29, 0.717) is 32.1 Å². The van der Waals surface area contributed by atoms with Gasteiger partial charge in [-0.05, 0) is 14.0 Å². The average molecular weight is 407 g/mol. The predicted molar refractivity (Wildman–Crippen MR) is 106 cm³/mol. The lowest BCUT2D eigenvalue weighted by Gasteiger charge is -2.35. The van der Waals surface area contributed by atoms with Crippen LogP contribution in [-0.4, -0.2) is 97.0 Å². The molecule has 10 nitrogen and oxygen atoms in total. The van der Waals surface area contributed by atoms with Gasteiger partial charge in [0.25, 0.3) is 10.0 Å². The number of nitrogens with zero attached hydrogens (tertiary/aromatic N) is 7. The fraction of sp³-hybridized carbons (Fsp3) is 0.588. The summed E-state index contributed by atoms with van der Waals surface area (Å²) >= 11 is 0. The largest absolute Gasteiger partial charge is 0.354 e. The van der Waals surface area contributed by atoms with E-state index in [1.807, 2.05) is 13.0 Å². The topological polar surface area (TPSA) is 102 Å². The monoisotopic (exact) mass is 406 g/mol. The molecule has 0 saturated carbocycles. The number of rotatable bonds is 4. The molecule has 0 aromatic carbocycles. The molecule has 0 amide bonds. The summed E-state index contributed by atoms with van der Waals surface area (Å²) in [5.74, 6) is 1.62. The molecule has 152 valence electrons.